The molecule has 2 atom stereocenters. The van der Waals surface area contributed by atoms with Gasteiger partial charge in [-0.25, -0.2) is 0 Å². The maximum Gasteiger partial charge on any atom is 0.224 e. The van der Waals surface area contributed by atoms with E-state index in [9.17, 15) is 4.79 Å². The normalized spacial score (nSPS) is 20.4. The van der Waals surface area contributed by atoms with Crippen LogP contribution in [0.2, 0.25) is 5.02 Å². The Kier molecular flexibility index (Phi) is 4.08. The Morgan fingerprint density at radius 1 is 1.23 bits per heavy atom. The van der Waals surface area contributed by atoms with Crippen molar-refractivity contribution in [3.05, 3.63) is 59.1 Å². The second-order valence-electron chi connectivity index (χ2n) is 5.74. The first kappa shape index (κ1) is 14.9. The topological polar surface area (TPSA) is 32.3 Å². The molecule has 1 N–H and O–H groups in total. The number of fused-ring (bicyclic) bond motifs is 1. The lowest BCUT2D eigenvalue weighted by Crippen LogP contribution is -2.43. The molecule has 0 aromatic heterocycles. The highest BCUT2D eigenvalue weighted by molar-refractivity contribution is 6.30. The number of carbonyl (C=O) groups excluding carboxylic acids is 1. The molecule has 1 amide bonds. The van der Waals surface area contributed by atoms with Crippen LogP contribution in [0.25, 0.3) is 0 Å². The minimum atomic E-state index is 0.0844. The van der Waals surface area contributed by atoms with Gasteiger partial charge >= 0.3 is 0 Å². The van der Waals surface area contributed by atoms with Crippen molar-refractivity contribution in [1.82, 2.24) is 0 Å². The summed E-state index contributed by atoms with van der Waals surface area (Å²) in [5, 5.41) is 4.26. The highest BCUT2D eigenvalue weighted by Crippen LogP contribution is 2.38. The van der Waals surface area contributed by atoms with Crippen LogP contribution in [-0.4, -0.2) is 11.9 Å². The van der Waals surface area contributed by atoms with Gasteiger partial charge in [-0.3, -0.25) is 4.79 Å². The van der Waals surface area contributed by atoms with Crippen molar-refractivity contribution in [1.29, 1.82) is 0 Å². The van der Waals surface area contributed by atoms with Crippen LogP contribution in [0.4, 0.5) is 11.4 Å². The Bertz CT molecular complexity index is 701. The number of anilines is 2. The van der Waals surface area contributed by atoms with Crippen LogP contribution in [-0.2, 0) is 4.79 Å². The summed E-state index contributed by atoms with van der Waals surface area (Å²) in [5.41, 5.74) is 3.14. The van der Waals surface area contributed by atoms with Crippen LogP contribution in [0.1, 0.15) is 31.9 Å². The molecule has 22 heavy (non-hydrogen) atoms. The molecular weight excluding hydrogens is 296 g/mol. The fraction of sp³-hybridized carbons (Fsp3) is 0.278. The fourth-order valence-corrected chi connectivity index (χ4v) is 3.40. The van der Waals surface area contributed by atoms with Crippen LogP contribution in [0.15, 0.2) is 48.5 Å². The highest BCUT2D eigenvalue weighted by atomic mass is 35.5. The van der Waals surface area contributed by atoms with Crippen molar-refractivity contribution in [3.63, 3.8) is 0 Å². The molecule has 2 aromatic carbocycles. The maximum atomic E-state index is 12.0. The summed E-state index contributed by atoms with van der Waals surface area (Å²) >= 11 is 6.06. The van der Waals surface area contributed by atoms with E-state index in [0.29, 0.717) is 5.02 Å². The molecule has 0 radical (unpaired) electrons. The lowest BCUT2D eigenvalue weighted by atomic mass is 9.91. The predicted molar refractivity (Wildman–Crippen MR) is 91.5 cm³/mol. The number of hydrogen-bond acceptors (Lipinski definition) is 2. The summed E-state index contributed by atoms with van der Waals surface area (Å²) in [4.78, 5) is 13.9. The summed E-state index contributed by atoms with van der Waals surface area (Å²) in [7, 11) is 0. The van der Waals surface area contributed by atoms with Gasteiger partial charge in [-0.2, -0.15) is 0 Å². The highest BCUT2D eigenvalue weighted by Gasteiger charge is 2.31. The SMILES string of the molecule is CC(=O)N1c2ccccc2C(Nc2cccc(Cl)c2)CC1C. The quantitative estimate of drug-likeness (QED) is 0.876. The molecule has 0 saturated carbocycles. The van der Waals surface area contributed by atoms with Gasteiger partial charge in [0.1, 0.15) is 0 Å². The monoisotopic (exact) mass is 314 g/mol. The Labute approximate surface area is 135 Å². The molecule has 0 bridgehead atoms. The zero-order chi connectivity index (χ0) is 15.7. The van der Waals surface area contributed by atoms with Gasteiger partial charge in [0.25, 0.3) is 0 Å². The van der Waals surface area contributed by atoms with Crippen LogP contribution in [0.5, 0.6) is 0 Å². The predicted octanol–water partition coefficient (Wildman–Crippen LogP) is 4.64. The van der Waals surface area contributed by atoms with E-state index in [1.54, 1.807) is 6.92 Å². The Balaban J connectivity index is 1.96. The summed E-state index contributed by atoms with van der Waals surface area (Å²) in [6.07, 6.45) is 0.864. The zero-order valence-corrected chi connectivity index (χ0v) is 13.5. The Morgan fingerprint density at radius 2 is 2.00 bits per heavy atom. The third-order valence-corrected chi connectivity index (χ3v) is 4.33. The standard InChI is InChI=1S/C18H19ClN2O/c1-12-10-17(20-15-7-5-6-14(19)11-15)16-8-3-4-9-18(16)21(12)13(2)22/h3-9,11-12,17,20H,10H2,1-2H3. The number of nitrogens with one attached hydrogen (secondary N) is 1. The van der Waals surface area contributed by atoms with Crippen molar-refractivity contribution < 1.29 is 4.79 Å². The zero-order valence-electron chi connectivity index (χ0n) is 12.7. The molecule has 3 rings (SSSR count). The molecule has 1 aliphatic rings. The molecule has 2 unspecified atom stereocenters. The van der Waals surface area contributed by atoms with E-state index in [0.717, 1.165) is 23.4 Å². The van der Waals surface area contributed by atoms with Gasteiger partial charge in [0.15, 0.2) is 0 Å². The lowest BCUT2D eigenvalue weighted by molar-refractivity contribution is -0.117. The number of benzene rings is 2. The molecular formula is C18H19ClN2O. The van der Waals surface area contributed by atoms with Gasteiger partial charge in [0, 0.05) is 29.4 Å². The van der Waals surface area contributed by atoms with Crippen molar-refractivity contribution in [2.45, 2.75) is 32.4 Å². The van der Waals surface area contributed by atoms with E-state index < -0.39 is 0 Å². The van der Waals surface area contributed by atoms with Gasteiger partial charge < -0.3 is 10.2 Å². The van der Waals surface area contributed by atoms with Crippen molar-refractivity contribution >= 4 is 28.9 Å². The van der Waals surface area contributed by atoms with Crippen LogP contribution < -0.4 is 10.2 Å². The second-order valence-corrected chi connectivity index (χ2v) is 6.18. The van der Waals surface area contributed by atoms with E-state index in [1.165, 1.54) is 0 Å². The molecule has 2 aromatic rings. The molecule has 0 saturated heterocycles. The van der Waals surface area contributed by atoms with Gasteiger partial charge in [0.2, 0.25) is 5.91 Å². The summed E-state index contributed by atoms with van der Waals surface area (Å²) in [6, 6.07) is 16.1. The first-order chi connectivity index (χ1) is 10.6. The Hall–Kier alpha value is -2.00. The number of nitrogens with zero attached hydrogens (tertiary/aromatic N) is 1. The van der Waals surface area contributed by atoms with Crippen molar-refractivity contribution in [2.75, 3.05) is 10.2 Å². The van der Waals surface area contributed by atoms with Crippen LogP contribution in [0.3, 0.4) is 0 Å². The molecule has 1 heterocycles. The largest absolute Gasteiger partial charge is 0.378 e. The van der Waals surface area contributed by atoms with E-state index in [1.807, 2.05) is 47.4 Å². The summed E-state index contributed by atoms with van der Waals surface area (Å²) < 4.78 is 0. The molecule has 3 nitrogen and oxygen atoms in total. The molecule has 0 aliphatic carbocycles. The van der Waals surface area contributed by atoms with E-state index >= 15 is 0 Å². The van der Waals surface area contributed by atoms with E-state index in [-0.39, 0.29) is 18.0 Å². The van der Waals surface area contributed by atoms with Gasteiger partial charge in [-0.15, -0.1) is 0 Å². The second kappa shape index (κ2) is 6.01. The molecule has 114 valence electrons. The smallest absolute Gasteiger partial charge is 0.224 e. The summed E-state index contributed by atoms with van der Waals surface area (Å²) in [5.74, 6) is 0.0844. The number of hydrogen-bond donors (Lipinski definition) is 1. The number of carbonyl (C=O) groups is 1. The van der Waals surface area contributed by atoms with E-state index in [4.69, 9.17) is 11.6 Å². The number of rotatable bonds is 2. The third kappa shape index (κ3) is 2.81. The first-order valence-corrected chi connectivity index (χ1v) is 7.85. The molecule has 4 heteroatoms. The maximum absolute atomic E-state index is 12.0. The number of halogens is 1. The Morgan fingerprint density at radius 3 is 2.73 bits per heavy atom. The number of para-hydroxylation sites is 1. The average molecular weight is 315 g/mol. The van der Waals surface area contributed by atoms with Crippen LogP contribution in [0, 0.1) is 0 Å². The molecule has 1 aliphatic heterocycles. The molecule has 0 spiro atoms. The van der Waals surface area contributed by atoms with Crippen molar-refractivity contribution in [3.8, 4) is 0 Å². The first-order valence-electron chi connectivity index (χ1n) is 7.47. The van der Waals surface area contributed by atoms with Gasteiger partial charge in [0.05, 0.1) is 6.04 Å². The fourth-order valence-electron chi connectivity index (χ4n) is 3.21. The van der Waals surface area contributed by atoms with Crippen LogP contribution >= 0.6 is 11.6 Å². The minimum absolute atomic E-state index is 0.0844. The summed E-state index contributed by atoms with van der Waals surface area (Å²) in [6.45, 7) is 3.71. The number of amides is 1. The van der Waals surface area contributed by atoms with Gasteiger partial charge in [-0.05, 0) is 43.2 Å². The van der Waals surface area contributed by atoms with Crippen molar-refractivity contribution in [2.24, 2.45) is 0 Å². The van der Waals surface area contributed by atoms with E-state index in [2.05, 4.69) is 18.3 Å². The lowest BCUT2D eigenvalue weighted by Gasteiger charge is -2.39. The van der Waals surface area contributed by atoms with Gasteiger partial charge in [-0.1, -0.05) is 35.9 Å². The minimum Gasteiger partial charge on any atom is -0.378 e. The average Bonchev–Trinajstić information content (AvgIpc) is 2.47. The third-order valence-electron chi connectivity index (χ3n) is 4.09. The molecule has 0 fully saturated rings.